The van der Waals surface area contributed by atoms with Crippen LogP contribution in [0.3, 0.4) is 0 Å². The highest BCUT2D eigenvalue weighted by molar-refractivity contribution is 7.99. The van der Waals surface area contributed by atoms with Crippen LogP contribution in [-0.4, -0.2) is 16.9 Å². The number of amides is 1. The first-order valence-corrected chi connectivity index (χ1v) is 7.88. The topological polar surface area (TPSA) is 55.1 Å². The van der Waals surface area contributed by atoms with E-state index in [9.17, 15) is 4.79 Å². The standard InChI is InChI=1S/C13H26N2OS/c1-11-6-5-7-12(10-11)17-9-4-2-3-8-13(16)15-14/h11-12H,2-10,14H2,1H3,(H,15,16). The Morgan fingerprint density at radius 2 is 2.18 bits per heavy atom. The summed E-state index contributed by atoms with van der Waals surface area (Å²) in [5.74, 6) is 7.15. The number of hydrazine groups is 1. The van der Waals surface area contributed by atoms with Gasteiger partial charge in [0.15, 0.2) is 0 Å². The first-order valence-electron chi connectivity index (χ1n) is 6.83. The number of unbranched alkanes of at least 4 members (excludes halogenated alkanes) is 2. The Morgan fingerprint density at radius 1 is 1.35 bits per heavy atom. The number of hydrogen-bond donors (Lipinski definition) is 2. The van der Waals surface area contributed by atoms with Gasteiger partial charge in [-0.25, -0.2) is 5.84 Å². The van der Waals surface area contributed by atoms with E-state index < -0.39 is 0 Å². The number of carbonyl (C=O) groups excluding carboxylic acids is 1. The van der Waals surface area contributed by atoms with Crippen molar-refractivity contribution in [2.75, 3.05) is 5.75 Å². The normalized spacial score (nSPS) is 24.6. The smallest absolute Gasteiger partial charge is 0.233 e. The van der Waals surface area contributed by atoms with Crippen LogP contribution in [0.25, 0.3) is 0 Å². The first kappa shape index (κ1) is 14.8. The highest BCUT2D eigenvalue weighted by atomic mass is 32.2. The lowest BCUT2D eigenvalue weighted by atomic mass is 9.91. The fourth-order valence-corrected chi connectivity index (χ4v) is 3.92. The lowest BCUT2D eigenvalue weighted by molar-refractivity contribution is -0.121. The number of nitrogens with one attached hydrogen (secondary N) is 1. The zero-order valence-electron chi connectivity index (χ0n) is 10.9. The minimum absolute atomic E-state index is 0.0428. The fraction of sp³-hybridized carbons (Fsp3) is 0.923. The minimum Gasteiger partial charge on any atom is -0.294 e. The van der Waals surface area contributed by atoms with Gasteiger partial charge in [-0.3, -0.25) is 10.2 Å². The van der Waals surface area contributed by atoms with E-state index in [2.05, 4.69) is 24.1 Å². The van der Waals surface area contributed by atoms with Gasteiger partial charge in [0.2, 0.25) is 5.91 Å². The molecule has 100 valence electrons. The second-order valence-corrected chi connectivity index (χ2v) is 6.55. The largest absolute Gasteiger partial charge is 0.294 e. The molecule has 0 aromatic carbocycles. The Hall–Kier alpha value is -0.220. The number of hydrogen-bond acceptors (Lipinski definition) is 3. The van der Waals surface area contributed by atoms with Crippen molar-refractivity contribution in [1.29, 1.82) is 0 Å². The van der Waals surface area contributed by atoms with Gasteiger partial charge >= 0.3 is 0 Å². The van der Waals surface area contributed by atoms with E-state index in [1.54, 1.807) is 0 Å². The maximum Gasteiger partial charge on any atom is 0.233 e. The Kier molecular flexibility index (Phi) is 7.69. The fourth-order valence-electron chi connectivity index (χ4n) is 2.42. The molecule has 2 atom stereocenters. The lowest BCUT2D eigenvalue weighted by Crippen LogP contribution is -2.29. The molecule has 0 aliphatic heterocycles. The maximum atomic E-state index is 10.9. The molecular weight excluding hydrogens is 232 g/mol. The van der Waals surface area contributed by atoms with Gasteiger partial charge < -0.3 is 0 Å². The predicted molar refractivity (Wildman–Crippen MR) is 74.7 cm³/mol. The Morgan fingerprint density at radius 3 is 2.88 bits per heavy atom. The molecule has 1 aliphatic carbocycles. The molecule has 0 aromatic heterocycles. The molecule has 0 spiro atoms. The highest BCUT2D eigenvalue weighted by Gasteiger charge is 2.18. The number of carbonyl (C=O) groups is 1. The summed E-state index contributed by atoms with van der Waals surface area (Å²) in [6.45, 7) is 2.37. The number of thioether (sulfide) groups is 1. The summed E-state index contributed by atoms with van der Waals surface area (Å²) < 4.78 is 0. The van der Waals surface area contributed by atoms with Crippen molar-refractivity contribution in [3.63, 3.8) is 0 Å². The SMILES string of the molecule is CC1CCCC(SCCCCCC(=O)NN)C1. The van der Waals surface area contributed by atoms with Gasteiger partial charge in [-0.2, -0.15) is 11.8 Å². The molecule has 4 heteroatoms. The Labute approximate surface area is 109 Å². The number of rotatable bonds is 7. The molecule has 0 aromatic rings. The molecule has 0 saturated heterocycles. The zero-order chi connectivity index (χ0) is 12.5. The summed E-state index contributed by atoms with van der Waals surface area (Å²) in [6.07, 6.45) is 9.55. The molecule has 1 rings (SSSR count). The van der Waals surface area contributed by atoms with Gasteiger partial charge in [-0.1, -0.05) is 26.2 Å². The van der Waals surface area contributed by atoms with Crippen LogP contribution < -0.4 is 11.3 Å². The van der Waals surface area contributed by atoms with Crippen LogP contribution in [0, 0.1) is 5.92 Å². The van der Waals surface area contributed by atoms with Crippen LogP contribution in [-0.2, 0) is 4.79 Å². The van der Waals surface area contributed by atoms with Crippen LogP contribution in [0.1, 0.15) is 58.3 Å². The monoisotopic (exact) mass is 258 g/mol. The average Bonchev–Trinajstić information content (AvgIpc) is 2.33. The molecule has 17 heavy (non-hydrogen) atoms. The molecule has 1 aliphatic rings. The Balaban J connectivity index is 1.91. The van der Waals surface area contributed by atoms with Crippen LogP contribution >= 0.6 is 11.8 Å². The van der Waals surface area contributed by atoms with Crippen LogP contribution in [0.2, 0.25) is 0 Å². The highest BCUT2D eigenvalue weighted by Crippen LogP contribution is 2.32. The van der Waals surface area contributed by atoms with Crippen molar-refractivity contribution >= 4 is 17.7 Å². The molecule has 1 fully saturated rings. The molecule has 3 nitrogen and oxygen atoms in total. The van der Waals surface area contributed by atoms with E-state index >= 15 is 0 Å². The Bertz CT molecular complexity index is 223. The molecule has 3 N–H and O–H groups in total. The van der Waals surface area contributed by atoms with E-state index in [1.165, 1.54) is 37.9 Å². The van der Waals surface area contributed by atoms with E-state index in [4.69, 9.17) is 5.84 Å². The lowest BCUT2D eigenvalue weighted by Gasteiger charge is -2.26. The van der Waals surface area contributed by atoms with Gasteiger partial charge in [0.1, 0.15) is 0 Å². The van der Waals surface area contributed by atoms with Gasteiger partial charge in [-0.05, 0) is 37.4 Å². The summed E-state index contributed by atoms with van der Waals surface area (Å²) in [6, 6.07) is 0. The quantitative estimate of drug-likeness (QED) is 0.319. The summed E-state index contributed by atoms with van der Waals surface area (Å²) in [5, 5.41) is 0.895. The predicted octanol–water partition coefficient (Wildman–Crippen LogP) is 2.85. The van der Waals surface area contributed by atoms with Crippen LogP contribution in [0.5, 0.6) is 0 Å². The molecule has 0 bridgehead atoms. The number of nitrogens with two attached hydrogens (primary N) is 1. The van der Waals surface area contributed by atoms with E-state index in [-0.39, 0.29) is 5.91 Å². The third kappa shape index (κ3) is 6.94. The minimum atomic E-state index is -0.0428. The zero-order valence-corrected chi connectivity index (χ0v) is 11.7. The summed E-state index contributed by atoms with van der Waals surface area (Å²) in [4.78, 5) is 10.9. The van der Waals surface area contributed by atoms with Crippen molar-refractivity contribution in [1.82, 2.24) is 5.43 Å². The second kappa shape index (κ2) is 8.81. The van der Waals surface area contributed by atoms with Crippen LogP contribution in [0.15, 0.2) is 0 Å². The van der Waals surface area contributed by atoms with E-state index in [0.29, 0.717) is 6.42 Å². The molecular formula is C13H26N2OS. The van der Waals surface area contributed by atoms with Gasteiger partial charge in [0, 0.05) is 11.7 Å². The van der Waals surface area contributed by atoms with E-state index in [0.717, 1.165) is 24.0 Å². The van der Waals surface area contributed by atoms with Gasteiger partial charge in [0.25, 0.3) is 0 Å². The third-order valence-corrected chi connectivity index (χ3v) is 4.87. The van der Waals surface area contributed by atoms with E-state index in [1.807, 2.05) is 0 Å². The molecule has 2 unspecified atom stereocenters. The average molecular weight is 258 g/mol. The van der Waals surface area contributed by atoms with Crippen molar-refractivity contribution in [2.24, 2.45) is 11.8 Å². The van der Waals surface area contributed by atoms with Crippen molar-refractivity contribution in [3.8, 4) is 0 Å². The third-order valence-electron chi connectivity index (χ3n) is 3.45. The molecule has 1 saturated carbocycles. The van der Waals surface area contributed by atoms with Crippen molar-refractivity contribution in [3.05, 3.63) is 0 Å². The van der Waals surface area contributed by atoms with Crippen molar-refractivity contribution < 1.29 is 4.79 Å². The molecule has 0 radical (unpaired) electrons. The summed E-state index contributed by atoms with van der Waals surface area (Å²) in [5.41, 5.74) is 2.17. The maximum absolute atomic E-state index is 10.9. The van der Waals surface area contributed by atoms with Crippen molar-refractivity contribution in [2.45, 2.75) is 63.5 Å². The summed E-state index contributed by atoms with van der Waals surface area (Å²) >= 11 is 2.14. The van der Waals surface area contributed by atoms with Crippen LogP contribution in [0.4, 0.5) is 0 Å². The van der Waals surface area contributed by atoms with Gasteiger partial charge in [-0.15, -0.1) is 0 Å². The second-order valence-electron chi connectivity index (χ2n) is 5.14. The summed E-state index contributed by atoms with van der Waals surface area (Å²) in [7, 11) is 0. The molecule has 0 heterocycles. The first-order chi connectivity index (χ1) is 8.22. The van der Waals surface area contributed by atoms with Gasteiger partial charge in [0.05, 0.1) is 0 Å². The molecule has 1 amide bonds.